The quantitative estimate of drug-likeness (QED) is 0.810. The molecule has 0 radical (unpaired) electrons. The van der Waals surface area contributed by atoms with Gasteiger partial charge in [0.05, 0.1) is 11.4 Å². The van der Waals surface area contributed by atoms with Gasteiger partial charge in [0.2, 0.25) is 10.0 Å². The molecule has 27 heavy (non-hydrogen) atoms. The summed E-state index contributed by atoms with van der Waals surface area (Å²) in [7, 11) is -3.65. The Morgan fingerprint density at radius 1 is 1.22 bits per heavy atom. The van der Waals surface area contributed by atoms with Gasteiger partial charge in [-0.05, 0) is 38.5 Å². The van der Waals surface area contributed by atoms with Crippen LogP contribution in [0.15, 0.2) is 29.2 Å². The number of benzene rings is 1. The van der Waals surface area contributed by atoms with E-state index in [1.54, 1.807) is 43.0 Å². The number of H-pyrrole nitrogens is 1. The summed E-state index contributed by atoms with van der Waals surface area (Å²) in [6.07, 6.45) is 0.554. The first-order valence-electron chi connectivity index (χ1n) is 8.62. The molecule has 1 aliphatic rings. The second kappa shape index (κ2) is 7.87. The molecule has 1 saturated heterocycles. The van der Waals surface area contributed by atoms with Gasteiger partial charge in [-0.1, -0.05) is 17.7 Å². The Morgan fingerprint density at radius 2 is 2.00 bits per heavy atom. The molecule has 2 heterocycles. The predicted molar refractivity (Wildman–Crippen MR) is 103 cm³/mol. The number of anilines is 1. The molecule has 0 spiro atoms. The summed E-state index contributed by atoms with van der Waals surface area (Å²) in [6.45, 7) is 4.72. The van der Waals surface area contributed by atoms with Gasteiger partial charge >= 0.3 is 6.03 Å². The van der Waals surface area contributed by atoms with Crippen molar-refractivity contribution in [1.29, 1.82) is 0 Å². The van der Waals surface area contributed by atoms with E-state index in [4.69, 9.17) is 11.6 Å². The summed E-state index contributed by atoms with van der Waals surface area (Å²) in [4.78, 5) is 14.4. The van der Waals surface area contributed by atoms with E-state index in [2.05, 4.69) is 15.5 Å². The molecule has 0 unspecified atom stereocenters. The van der Waals surface area contributed by atoms with Crippen LogP contribution >= 0.6 is 11.6 Å². The van der Waals surface area contributed by atoms with E-state index in [-0.39, 0.29) is 17.5 Å². The van der Waals surface area contributed by atoms with Gasteiger partial charge in [-0.25, -0.2) is 13.2 Å². The van der Waals surface area contributed by atoms with Crippen LogP contribution < -0.4 is 5.32 Å². The molecule has 0 aliphatic carbocycles. The first kappa shape index (κ1) is 19.7. The molecule has 3 rings (SSSR count). The molecule has 2 N–H and O–H groups in total. The van der Waals surface area contributed by atoms with Crippen LogP contribution in [-0.2, 0) is 10.0 Å². The number of hydrogen-bond donors (Lipinski definition) is 2. The highest BCUT2D eigenvalue weighted by molar-refractivity contribution is 7.89. The van der Waals surface area contributed by atoms with Crippen LogP contribution in [0.2, 0.25) is 5.02 Å². The zero-order chi connectivity index (χ0) is 19.6. The van der Waals surface area contributed by atoms with Crippen molar-refractivity contribution in [2.45, 2.75) is 25.2 Å². The Morgan fingerprint density at radius 3 is 2.67 bits per heavy atom. The van der Waals surface area contributed by atoms with Crippen LogP contribution in [0.4, 0.5) is 10.5 Å². The van der Waals surface area contributed by atoms with E-state index in [1.165, 1.54) is 4.31 Å². The monoisotopic (exact) mass is 411 g/mol. The number of halogens is 1. The van der Waals surface area contributed by atoms with Gasteiger partial charge < -0.3 is 10.2 Å². The standard InChI is InChI=1S/C17H22ClN5O3S/c1-12-16(13(2)21-20-12)27(25,26)23-8-4-7-22(9-10-23)17(24)19-15-6-3-5-14(18)11-15/h3,5-6,11H,4,7-10H2,1-2H3,(H,19,24)(H,20,21). The Hall–Kier alpha value is -2.10. The number of sulfonamides is 1. The normalized spacial score (nSPS) is 16.2. The number of carbonyl (C=O) groups is 1. The fourth-order valence-corrected chi connectivity index (χ4v) is 5.15. The number of rotatable bonds is 3. The SMILES string of the molecule is Cc1n[nH]c(C)c1S(=O)(=O)N1CCCN(C(=O)Nc2cccc(Cl)c2)CC1. The third kappa shape index (κ3) is 4.26. The number of aromatic nitrogens is 2. The van der Waals surface area contributed by atoms with Crippen molar-refractivity contribution in [1.82, 2.24) is 19.4 Å². The maximum Gasteiger partial charge on any atom is 0.321 e. The molecule has 1 aromatic carbocycles. The number of aromatic amines is 1. The first-order valence-corrected chi connectivity index (χ1v) is 10.4. The molecular weight excluding hydrogens is 390 g/mol. The van der Waals surface area contributed by atoms with E-state index in [0.29, 0.717) is 48.2 Å². The molecule has 146 valence electrons. The van der Waals surface area contributed by atoms with Crippen molar-refractivity contribution in [2.75, 3.05) is 31.5 Å². The highest BCUT2D eigenvalue weighted by Crippen LogP contribution is 2.23. The molecular formula is C17H22ClN5O3S. The summed E-state index contributed by atoms with van der Waals surface area (Å²) in [5, 5.41) is 10.0. The van der Waals surface area contributed by atoms with Gasteiger partial charge in [-0.2, -0.15) is 9.40 Å². The number of urea groups is 1. The van der Waals surface area contributed by atoms with E-state index in [0.717, 1.165) is 0 Å². The molecule has 0 atom stereocenters. The third-order valence-corrected chi connectivity index (χ3v) is 6.87. The van der Waals surface area contributed by atoms with Crippen molar-refractivity contribution in [2.24, 2.45) is 0 Å². The van der Waals surface area contributed by atoms with Gasteiger partial charge in [0.25, 0.3) is 0 Å². The smallest absolute Gasteiger partial charge is 0.321 e. The van der Waals surface area contributed by atoms with Gasteiger partial charge in [-0.15, -0.1) is 0 Å². The number of nitrogens with one attached hydrogen (secondary N) is 2. The number of amides is 2. The lowest BCUT2D eigenvalue weighted by Crippen LogP contribution is -2.39. The number of aryl methyl sites for hydroxylation is 2. The highest BCUT2D eigenvalue weighted by Gasteiger charge is 2.31. The van der Waals surface area contributed by atoms with E-state index < -0.39 is 10.0 Å². The van der Waals surface area contributed by atoms with Crippen molar-refractivity contribution < 1.29 is 13.2 Å². The van der Waals surface area contributed by atoms with Gasteiger partial charge in [0, 0.05) is 36.9 Å². The Balaban J connectivity index is 1.69. The van der Waals surface area contributed by atoms with Crippen LogP contribution in [-0.4, -0.2) is 60.0 Å². The van der Waals surface area contributed by atoms with Gasteiger partial charge in [0.15, 0.2) is 0 Å². The zero-order valence-corrected chi connectivity index (χ0v) is 16.8. The zero-order valence-electron chi connectivity index (χ0n) is 15.2. The van der Waals surface area contributed by atoms with Crippen molar-refractivity contribution >= 4 is 33.3 Å². The summed E-state index contributed by atoms with van der Waals surface area (Å²) in [5.41, 5.74) is 1.57. The number of carbonyl (C=O) groups excluding carboxylic acids is 1. The summed E-state index contributed by atoms with van der Waals surface area (Å²) < 4.78 is 27.4. The van der Waals surface area contributed by atoms with Crippen LogP contribution in [0.25, 0.3) is 0 Å². The van der Waals surface area contributed by atoms with E-state index >= 15 is 0 Å². The molecule has 1 aliphatic heterocycles. The minimum absolute atomic E-state index is 0.222. The summed E-state index contributed by atoms with van der Waals surface area (Å²) >= 11 is 5.94. The van der Waals surface area contributed by atoms with Crippen LogP contribution in [0, 0.1) is 13.8 Å². The molecule has 0 saturated carbocycles. The lowest BCUT2D eigenvalue weighted by atomic mass is 10.3. The largest absolute Gasteiger partial charge is 0.323 e. The Kier molecular flexibility index (Phi) is 5.73. The van der Waals surface area contributed by atoms with Gasteiger partial charge in [0.1, 0.15) is 4.90 Å². The lowest BCUT2D eigenvalue weighted by Gasteiger charge is -2.22. The molecule has 1 aromatic heterocycles. The van der Waals surface area contributed by atoms with Crippen LogP contribution in [0.5, 0.6) is 0 Å². The lowest BCUT2D eigenvalue weighted by molar-refractivity contribution is 0.214. The molecule has 1 fully saturated rings. The second-order valence-electron chi connectivity index (χ2n) is 6.45. The van der Waals surface area contributed by atoms with Crippen molar-refractivity contribution in [3.8, 4) is 0 Å². The fourth-order valence-electron chi connectivity index (χ4n) is 3.16. The maximum atomic E-state index is 13.0. The summed E-state index contributed by atoms with van der Waals surface area (Å²) in [5.74, 6) is 0. The molecule has 10 heteroatoms. The topological polar surface area (TPSA) is 98.4 Å². The molecule has 2 amide bonds. The molecule has 2 aromatic rings. The predicted octanol–water partition coefficient (Wildman–Crippen LogP) is 2.61. The van der Waals surface area contributed by atoms with Crippen molar-refractivity contribution in [3.05, 3.63) is 40.7 Å². The third-order valence-electron chi connectivity index (χ3n) is 4.48. The van der Waals surface area contributed by atoms with Crippen LogP contribution in [0.1, 0.15) is 17.8 Å². The highest BCUT2D eigenvalue weighted by atomic mass is 35.5. The number of nitrogens with zero attached hydrogens (tertiary/aromatic N) is 3. The van der Waals surface area contributed by atoms with Crippen LogP contribution in [0.3, 0.4) is 0 Å². The average molecular weight is 412 g/mol. The first-order chi connectivity index (χ1) is 12.8. The second-order valence-corrected chi connectivity index (χ2v) is 8.76. The fraction of sp³-hybridized carbons (Fsp3) is 0.412. The maximum absolute atomic E-state index is 13.0. The average Bonchev–Trinajstić information content (AvgIpc) is 2.82. The van der Waals surface area contributed by atoms with E-state index in [9.17, 15) is 13.2 Å². The summed E-state index contributed by atoms with van der Waals surface area (Å²) in [6, 6.07) is 6.63. The van der Waals surface area contributed by atoms with E-state index in [1.807, 2.05) is 0 Å². The molecule has 8 nitrogen and oxygen atoms in total. The Bertz CT molecular complexity index is 924. The minimum atomic E-state index is -3.65. The van der Waals surface area contributed by atoms with Gasteiger partial charge in [-0.3, -0.25) is 5.10 Å². The van der Waals surface area contributed by atoms with Crippen molar-refractivity contribution in [3.63, 3.8) is 0 Å². The minimum Gasteiger partial charge on any atom is -0.323 e. The Labute approximate surface area is 163 Å². The molecule has 0 bridgehead atoms. The number of hydrogen-bond acceptors (Lipinski definition) is 4.